The molecular formula is C16H24O3. The average molecular weight is 264 g/mol. The minimum atomic E-state index is -0.802. The largest absolute Gasteiger partial charge is 0.426 e. The van der Waals surface area contributed by atoms with Crippen LogP contribution < -0.4 is 0 Å². The van der Waals surface area contributed by atoms with Crippen molar-refractivity contribution in [2.75, 3.05) is 7.11 Å². The van der Waals surface area contributed by atoms with Crippen LogP contribution in [0.15, 0.2) is 11.6 Å². The van der Waals surface area contributed by atoms with Crippen LogP contribution in [0, 0.1) is 22.7 Å². The Bertz CT molecular complexity index is 469. The van der Waals surface area contributed by atoms with E-state index < -0.39 is 5.79 Å². The van der Waals surface area contributed by atoms with Crippen LogP contribution in [-0.2, 0) is 14.3 Å². The smallest absolute Gasteiger partial charge is 0.333 e. The van der Waals surface area contributed by atoms with Crippen LogP contribution in [0.3, 0.4) is 0 Å². The van der Waals surface area contributed by atoms with E-state index in [1.165, 1.54) is 12.8 Å². The Kier molecular flexibility index (Phi) is 2.52. The minimum Gasteiger partial charge on any atom is -0.426 e. The predicted octanol–water partition coefficient (Wildman–Crippen LogP) is 3.29. The molecule has 0 amide bonds. The summed E-state index contributed by atoms with van der Waals surface area (Å²) in [6.45, 7) is 9.29. The van der Waals surface area contributed by atoms with Gasteiger partial charge in [0.15, 0.2) is 0 Å². The second-order valence-corrected chi connectivity index (χ2v) is 7.15. The molecule has 2 aliphatic carbocycles. The maximum Gasteiger partial charge on any atom is 0.333 e. The van der Waals surface area contributed by atoms with E-state index >= 15 is 0 Å². The third-order valence-electron chi connectivity index (χ3n) is 6.82. The normalized spacial score (nSPS) is 52.5. The number of carbonyl (C=O) groups excluding carboxylic acids is 1. The number of methoxy groups -OCH3 is 1. The third-order valence-corrected chi connectivity index (χ3v) is 6.82. The van der Waals surface area contributed by atoms with Crippen molar-refractivity contribution < 1.29 is 14.3 Å². The van der Waals surface area contributed by atoms with Crippen molar-refractivity contribution in [2.45, 2.75) is 52.7 Å². The lowest BCUT2D eigenvalue weighted by atomic mass is 9.50. The first kappa shape index (κ1) is 13.2. The number of ether oxygens (including phenoxy) is 2. The van der Waals surface area contributed by atoms with Gasteiger partial charge >= 0.3 is 5.97 Å². The van der Waals surface area contributed by atoms with Gasteiger partial charge in [0.25, 0.3) is 0 Å². The summed E-state index contributed by atoms with van der Waals surface area (Å²) in [6, 6.07) is 0. The van der Waals surface area contributed by atoms with Crippen molar-refractivity contribution in [1.82, 2.24) is 0 Å². The molecule has 0 N–H and O–H groups in total. The van der Waals surface area contributed by atoms with Crippen molar-refractivity contribution >= 4 is 5.97 Å². The fourth-order valence-electron chi connectivity index (χ4n) is 4.91. The highest BCUT2D eigenvalue weighted by Gasteiger charge is 2.66. The van der Waals surface area contributed by atoms with E-state index in [9.17, 15) is 4.79 Å². The quantitative estimate of drug-likeness (QED) is 0.682. The van der Waals surface area contributed by atoms with E-state index in [1.807, 2.05) is 0 Å². The molecule has 106 valence electrons. The summed E-state index contributed by atoms with van der Waals surface area (Å²) in [5.74, 6) is -0.0949. The van der Waals surface area contributed by atoms with Crippen molar-refractivity contribution in [1.29, 1.82) is 0 Å². The van der Waals surface area contributed by atoms with Gasteiger partial charge in [0, 0.05) is 25.2 Å². The summed E-state index contributed by atoms with van der Waals surface area (Å²) in [7, 11) is 1.66. The molecule has 5 atom stereocenters. The van der Waals surface area contributed by atoms with Crippen LogP contribution in [0.5, 0.6) is 0 Å². The molecule has 0 unspecified atom stereocenters. The molecule has 0 aromatic rings. The average Bonchev–Trinajstić information content (AvgIpc) is 2.80. The lowest BCUT2D eigenvalue weighted by molar-refractivity contribution is -0.231. The maximum absolute atomic E-state index is 11.8. The lowest BCUT2D eigenvalue weighted by Gasteiger charge is -2.56. The van der Waals surface area contributed by atoms with Gasteiger partial charge < -0.3 is 9.47 Å². The highest BCUT2D eigenvalue weighted by molar-refractivity contribution is 5.86. The van der Waals surface area contributed by atoms with Crippen molar-refractivity contribution in [3.63, 3.8) is 0 Å². The summed E-state index contributed by atoms with van der Waals surface area (Å²) in [5, 5.41) is 0. The molecule has 0 aromatic heterocycles. The second kappa shape index (κ2) is 3.63. The third kappa shape index (κ3) is 1.35. The number of fused-ring (bicyclic) bond motifs is 2. The zero-order valence-corrected chi connectivity index (χ0v) is 12.6. The maximum atomic E-state index is 11.8. The summed E-state index contributed by atoms with van der Waals surface area (Å²) < 4.78 is 11.3. The molecule has 0 bridgehead atoms. The number of esters is 1. The number of hydrogen-bond donors (Lipinski definition) is 0. The minimum absolute atomic E-state index is 0.157. The fourth-order valence-corrected chi connectivity index (χ4v) is 4.91. The van der Waals surface area contributed by atoms with Gasteiger partial charge in [0.1, 0.15) is 0 Å². The summed E-state index contributed by atoms with van der Waals surface area (Å²) >= 11 is 0. The molecule has 1 aliphatic heterocycles. The standard InChI is InChI=1S/C16H24O3/c1-10-6-7-14(3)11(2)12-8-13(17)19-16(12,18-5)9-15(10,14)4/h8,10-11H,6-7,9H2,1-5H3/t10-,11-,14+,15+,16-/m1/s1. The number of carbonyl (C=O) groups is 1. The van der Waals surface area contributed by atoms with E-state index in [-0.39, 0.29) is 16.8 Å². The molecule has 1 heterocycles. The molecule has 0 aromatic carbocycles. The van der Waals surface area contributed by atoms with E-state index in [0.29, 0.717) is 11.8 Å². The van der Waals surface area contributed by atoms with Crippen LogP contribution in [0.1, 0.15) is 47.0 Å². The zero-order valence-electron chi connectivity index (χ0n) is 12.6. The summed E-state index contributed by atoms with van der Waals surface area (Å²) in [4.78, 5) is 11.8. The Hall–Kier alpha value is -0.830. The van der Waals surface area contributed by atoms with Gasteiger partial charge in [-0.2, -0.15) is 0 Å². The number of rotatable bonds is 1. The van der Waals surface area contributed by atoms with Gasteiger partial charge in [-0.25, -0.2) is 4.79 Å². The first-order valence-electron chi connectivity index (χ1n) is 7.29. The van der Waals surface area contributed by atoms with Crippen molar-refractivity contribution in [3.8, 4) is 0 Å². The molecule has 3 nitrogen and oxygen atoms in total. The molecule has 3 aliphatic rings. The summed E-state index contributed by atoms with van der Waals surface area (Å²) in [5.41, 5.74) is 1.44. The van der Waals surface area contributed by atoms with Gasteiger partial charge in [-0.05, 0) is 35.5 Å². The molecule has 2 saturated carbocycles. The van der Waals surface area contributed by atoms with Crippen LogP contribution in [0.4, 0.5) is 0 Å². The van der Waals surface area contributed by atoms with Crippen molar-refractivity contribution in [2.24, 2.45) is 22.7 Å². The van der Waals surface area contributed by atoms with Gasteiger partial charge in [0.05, 0.1) is 0 Å². The van der Waals surface area contributed by atoms with Crippen LogP contribution in [-0.4, -0.2) is 18.9 Å². The van der Waals surface area contributed by atoms with E-state index in [0.717, 1.165) is 12.0 Å². The highest BCUT2D eigenvalue weighted by atomic mass is 16.7. The SMILES string of the molecule is CO[C@@]12C[C@@]3(C)[C@H](C)CC[C@@]3(C)[C@H](C)C1=CC(=O)O2. The monoisotopic (exact) mass is 264 g/mol. The Morgan fingerprint density at radius 2 is 2.00 bits per heavy atom. The highest BCUT2D eigenvalue weighted by Crippen LogP contribution is 2.69. The predicted molar refractivity (Wildman–Crippen MR) is 72.3 cm³/mol. The molecule has 0 saturated heterocycles. The molecular weight excluding hydrogens is 240 g/mol. The summed E-state index contributed by atoms with van der Waals surface area (Å²) in [6.07, 6.45) is 4.92. The Labute approximate surface area is 115 Å². The van der Waals surface area contributed by atoms with Gasteiger partial charge in [-0.1, -0.05) is 27.7 Å². The van der Waals surface area contributed by atoms with Gasteiger partial charge in [-0.3, -0.25) is 0 Å². The van der Waals surface area contributed by atoms with E-state index in [2.05, 4.69) is 27.7 Å². The topological polar surface area (TPSA) is 35.5 Å². The second-order valence-electron chi connectivity index (χ2n) is 7.15. The Morgan fingerprint density at radius 3 is 2.63 bits per heavy atom. The molecule has 3 heteroatoms. The van der Waals surface area contributed by atoms with E-state index in [1.54, 1.807) is 13.2 Å². The zero-order chi connectivity index (χ0) is 14.1. The van der Waals surface area contributed by atoms with Crippen molar-refractivity contribution in [3.05, 3.63) is 11.6 Å². The lowest BCUT2D eigenvalue weighted by Crippen LogP contribution is -2.56. The Balaban J connectivity index is 2.14. The molecule has 2 fully saturated rings. The first-order valence-corrected chi connectivity index (χ1v) is 7.29. The van der Waals surface area contributed by atoms with Crippen LogP contribution in [0.2, 0.25) is 0 Å². The molecule has 19 heavy (non-hydrogen) atoms. The van der Waals surface area contributed by atoms with Gasteiger partial charge in [0.2, 0.25) is 5.79 Å². The van der Waals surface area contributed by atoms with Gasteiger partial charge in [-0.15, -0.1) is 0 Å². The molecule has 3 rings (SSSR count). The number of hydrogen-bond acceptors (Lipinski definition) is 3. The van der Waals surface area contributed by atoms with Crippen LogP contribution >= 0.6 is 0 Å². The first-order chi connectivity index (χ1) is 8.79. The molecule has 0 spiro atoms. The molecule has 0 radical (unpaired) electrons. The van der Waals surface area contributed by atoms with E-state index in [4.69, 9.17) is 9.47 Å². The van der Waals surface area contributed by atoms with Crippen LogP contribution in [0.25, 0.3) is 0 Å². The Morgan fingerprint density at radius 1 is 1.32 bits per heavy atom. The fraction of sp³-hybridized carbons (Fsp3) is 0.812.